The number of aryl methyl sites for hydroxylation is 1. The molecule has 0 radical (unpaired) electrons. The summed E-state index contributed by atoms with van der Waals surface area (Å²) in [5.41, 5.74) is 1.37. The lowest BCUT2D eigenvalue weighted by Crippen LogP contribution is -2.49. The third-order valence-electron chi connectivity index (χ3n) is 5.11. The predicted octanol–water partition coefficient (Wildman–Crippen LogP) is 2.66. The first-order valence-electron chi connectivity index (χ1n) is 8.47. The molecule has 1 aromatic heterocycles. The van der Waals surface area contributed by atoms with Gasteiger partial charge < -0.3 is 10.2 Å². The molecule has 1 aromatic rings. The lowest BCUT2D eigenvalue weighted by atomic mass is 9.83. The summed E-state index contributed by atoms with van der Waals surface area (Å²) >= 11 is 0. The number of aromatic nitrogens is 2. The van der Waals surface area contributed by atoms with Crippen molar-refractivity contribution in [3.63, 3.8) is 0 Å². The summed E-state index contributed by atoms with van der Waals surface area (Å²) in [5.74, 6) is 1.36. The topological polar surface area (TPSA) is 58.1 Å². The Morgan fingerprint density at radius 2 is 2.14 bits per heavy atom. The zero-order valence-electron chi connectivity index (χ0n) is 13.6. The largest absolute Gasteiger partial charge is 0.354 e. The second-order valence-corrected chi connectivity index (χ2v) is 6.63. The average Bonchev–Trinajstić information content (AvgIpc) is 2.52. The summed E-state index contributed by atoms with van der Waals surface area (Å²) in [5, 5.41) is 3.39. The number of piperidine rings is 2. The molecule has 0 spiro atoms. The molecule has 0 bridgehead atoms. The SMILES string of the molecule is CC(=O)c1cnc(NC[C@@H]2CCCN3CCCC[C@H]23)nc1C. The molecule has 0 aliphatic carbocycles. The molecule has 2 atom stereocenters. The van der Waals surface area contributed by atoms with Crippen LogP contribution in [0.1, 0.15) is 55.1 Å². The number of hydrogen-bond donors (Lipinski definition) is 1. The summed E-state index contributed by atoms with van der Waals surface area (Å²) in [6, 6.07) is 0.729. The minimum Gasteiger partial charge on any atom is -0.354 e. The number of carbonyl (C=O) groups is 1. The Labute approximate surface area is 132 Å². The van der Waals surface area contributed by atoms with Gasteiger partial charge in [-0.1, -0.05) is 6.42 Å². The second-order valence-electron chi connectivity index (χ2n) is 6.63. The van der Waals surface area contributed by atoms with Crippen molar-refractivity contribution in [3.8, 4) is 0 Å². The van der Waals surface area contributed by atoms with Crippen molar-refractivity contribution in [1.82, 2.24) is 14.9 Å². The summed E-state index contributed by atoms with van der Waals surface area (Å²) in [6.45, 7) is 6.89. The quantitative estimate of drug-likeness (QED) is 0.867. The van der Waals surface area contributed by atoms with E-state index in [2.05, 4.69) is 20.2 Å². The fourth-order valence-electron chi connectivity index (χ4n) is 3.94. The number of fused-ring (bicyclic) bond motifs is 1. The molecule has 2 aliphatic heterocycles. The maximum atomic E-state index is 11.4. The highest BCUT2D eigenvalue weighted by Gasteiger charge is 2.32. The van der Waals surface area contributed by atoms with Crippen LogP contribution >= 0.6 is 0 Å². The van der Waals surface area contributed by atoms with Gasteiger partial charge in [0.15, 0.2) is 5.78 Å². The van der Waals surface area contributed by atoms with Crippen LogP contribution in [0.15, 0.2) is 6.20 Å². The zero-order valence-corrected chi connectivity index (χ0v) is 13.6. The maximum absolute atomic E-state index is 11.4. The number of carbonyl (C=O) groups excluding carboxylic acids is 1. The number of hydrogen-bond acceptors (Lipinski definition) is 5. The van der Waals surface area contributed by atoms with E-state index in [-0.39, 0.29) is 5.78 Å². The molecule has 2 saturated heterocycles. The van der Waals surface area contributed by atoms with Gasteiger partial charge in [0.25, 0.3) is 0 Å². The van der Waals surface area contributed by atoms with Crippen LogP contribution in [0.5, 0.6) is 0 Å². The number of nitrogens with zero attached hydrogens (tertiary/aromatic N) is 3. The molecule has 5 heteroatoms. The Balaban J connectivity index is 1.62. The first kappa shape index (κ1) is 15.4. The standard InChI is InChI=1S/C17H26N4O/c1-12-15(13(2)22)11-19-17(20-12)18-10-14-6-5-9-21-8-4-3-7-16(14)21/h11,14,16H,3-10H2,1-2H3,(H,18,19,20)/t14-,16+/m0/s1. The number of rotatable bonds is 4. The van der Waals surface area contributed by atoms with Crippen LogP contribution in [0, 0.1) is 12.8 Å². The number of ketones is 1. The van der Waals surface area contributed by atoms with E-state index in [9.17, 15) is 4.79 Å². The zero-order chi connectivity index (χ0) is 15.5. The van der Waals surface area contributed by atoms with Crippen LogP contribution in [-0.2, 0) is 0 Å². The van der Waals surface area contributed by atoms with Crippen molar-refractivity contribution in [1.29, 1.82) is 0 Å². The Morgan fingerprint density at radius 3 is 2.91 bits per heavy atom. The van der Waals surface area contributed by atoms with Crippen molar-refractivity contribution < 1.29 is 4.79 Å². The van der Waals surface area contributed by atoms with Gasteiger partial charge in [-0.25, -0.2) is 9.97 Å². The number of anilines is 1. The Hall–Kier alpha value is -1.49. The normalized spacial score (nSPS) is 25.5. The highest BCUT2D eigenvalue weighted by Crippen LogP contribution is 2.30. The molecule has 2 fully saturated rings. The van der Waals surface area contributed by atoms with Crippen LogP contribution in [0.2, 0.25) is 0 Å². The summed E-state index contributed by atoms with van der Waals surface area (Å²) in [6.07, 6.45) is 8.27. The highest BCUT2D eigenvalue weighted by molar-refractivity contribution is 5.94. The molecular weight excluding hydrogens is 276 g/mol. The molecule has 0 unspecified atom stereocenters. The molecule has 0 saturated carbocycles. The van der Waals surface area contributed by atoms with E-state index in [0.717, 1.165) is 18.3 Å². The maximum Gasteiger partial charge on any atom is 0.222 e. The third-order valence-corrected chi connectivity index (χ3v) is 5.11. The van der Waals surface area contributed by atoms with Crippen LogP contribution in [0.25, 0.3) is 0 Å². The Morgan fingerprint density at radius 1 is 1.32 bits per heavy atom. The van der Waals surface area contributed by atoms with Gasteiger partial charge in [-0.15, -0.1) is 0 Å². The first-order valence-corrected chi connectivity index (χ1v) is 8.47. The first-order chi connectivity index (χ1) is 10.6. The van der Waals surface area contributed by atoms with E-state index in [0.29, 0.717) is 17.4 Å². The fraction of sp³-hybridized carbons (Fsp3) is 0.706. The minimum atomic E-state index is 0.0224. The molecule has 0 amide bonds. The monoisotopic (exact) mass is 302 g/mol. The van der Waals surface area contributed by atoms with Gasteiger partial charge in [0.05, 0.1) is 11.3 Å². The Bertz CT molecular complexity index is 543. The number of Topliss-reactive ketones (excluding diaryl/α,β-unsaturated/α-hetero) is 1. The fourth-order valence-corrected chi connectivity index (χ4v) is 3.94. The molecular formula is C17H26N4O. The molecule has 5 nitrogen and oxygen atoms in total. The van der Waals surface area contributed by atoms with Crippen LogP contribution in [0.4, 0.5) is 5.95 Å². The third kappa shape index (κ3) is 3.29. The predicted molar refractivity (Wildman–Crippen MR) is 87.2 cm³/mol. The summed E-state index contributed by atoms with van der Waals surface area (Å²) in [7, 11) is 0. The van der Waals surface area contributed by atoms with Crippen molar-refractivity contribution in [2.45, 2.75) is 52.0 Å². The van der Waals surface area contributed by atoms with Crippen LogP contribution in [0.3, 0.4) is 0 Å². The van der Waals surface area contributed by atoms with Gasteiger partial charge in [-0.3, -0.25) is 4.79 Å². The van der Waals surface area contributed by atoms with E-state index >= 15 is 0 Å². The van der Waals surface area contributed by atoms with E-state index in [1.165, 1.54) is 45.2 Å². The lowest BCUT2D eigenvalue weighted by molar-refractivity contribution is 0.0648. The molecule has 3 rings (SSSR count). The lowest BCUT2D eigenvalue weighted by Gasteiger charge is -2.44. The van der Waals surface area contributed by atoms with Gasteiger partial charge >= 0.3 is 0 Å². The second kappa shape index (κ2) is 6.73. The van der Waals surface area contributed by atoms with Crippen LogP contribution in [-0.4, -0.2) is 46.3 Å². The smallest absolute Gasteiger partial charge is 0.222 e. The molecule has 2 aliphatic rings. The molecule has 0 aromatic carbocycles. The van der Waals surface area contributed by atoms with Crippen molar-refractivity contribution in [2.75, 3.05) is 25.0 Å². The van der Waals surface area contributed by atoms with Crippen LogP contribution < -0.4 is 5.32 Å². The summed E-state index contributed by atoms with van der Waals surface area (Å²) < 4.78 is 0. The van der Waals surface area contributed by atoms with Crippen molar-refractivity contribution >= 4 is 11.7 Å². The van der Waals surface area contributed by atoms with E-state index in [1.807, 2.05) is 6.92 Å². The van der Waals surface area contributed by atoms with E-state index in [4.69, 9.17) is 0 Å². The summed E-state index contributed by atoms with van der Waals surface area (Å²) in [4.78, 5) is 22.8. The van der Waals surface area contributed by atoms with Gasteiger partial charge in [0.2, 0.25) is 5.95 Å². The number of nitrogens with one attached hydrogen (secondary N) is 1. The Kier molecular flexibility index (Phi) is 4.71. The average molecular weight is 302 g/mol. The van der Waals surface area contributed by atoms with E-state index < -0.39 is 0 Å². The van der Waals surface area contributed by atoms with E-state index in [1.54, 1.807) is 13.1 Å². The molecule has 3 heterocycles. The minimum absolute atomic E-state index is 0.0224. The molecule has 22 heavy (non-hydrogen) atoms. The molecule has 1 N–H and O–H groups in total. The van der Waals surface area contributed by atoms with Gasteiger partial charge in [0.1, 0.15) is 0 Å². The molecule has 120 valence electrons. The van der Waals surface area contributed by atoms with Crippen molar-refractivity contribution in [2.24, 2.45) is 5.92 Å². The van der Waals surface area contributed by atoms with Gasteiger partial charge in [0, 0.05) is 18.8 Å². The highest BCUT2D eigenvalue weighted by atomic mass is 16.1. The van der Waals surface area contributed by atoms with Gasteiger partial charge in [-0.05, 0) is 58.5 Å². The van der Waals surface area contributed by atoms with Gasteiger partial charge in [-0.2, -0.15) is 0 Å². The van der Waals surface area contributed by atoms with Crippen molar-refractivity contribution in [3.05, 3.63) is 17.5 Å².